The average Bonchev–Trinajstić information content (AvgIpc) is 3.29. The Kier molecular flexibility index (Phi) is 5.62. The van der Waals surface area contributed by atoms with E-state index in [2.05, 4.69) is 5.32 Å². The number of ether oxygens (including phenoxy) is 1. The molecule has 2 aromatic rings. The Morgan fingerprint density at radius 2 is 1.93 bits per heavy atom. The highest BCUT2D eigenvalue weighted by Gasteiger charge is 2.53. The summed E-state index contributed by atoms with van der Waals surface area (Å²) >= 11 is 0. The number of halogens is 1. The lowest BCUT2D eigenvalue weighted by Crippen LogP contribution is -2.47. The van der Waals surface area contributed by atoms with Crippen molar-refractivity contribution in [1.82, 2.24) is 10.2 Å². The summed E-state index contributed by atoms with van der Waals surface area (Å²) in [5.74, 6) is -0.374. The Balaban J connectivity index is 1.40. The van der Waals surface area contributed by atoms with Crippen molar-refractivity contribution in [2.75, 3.05) is 19.7 Å². The van der Waals surface area contributed by atoms with Gasteiger partial charge in [-0.1, -0.05) is 42.5 Å². The molecule has 152 valence electrons. The Morgan fingerprint density at radius 1 is 1.17 bits per heavy atom. The molecule has 0 radical (unpaired) electrons. The number of nitrogens with zero attached hydrogens (tertiary/aromatic N) is 1. The topological polar surface area (TPSA) is 58.6 Å². The zero-order valence-corrected chi connectivity index (χ0v) is 16.3. The normalized spacial score (nSPS) is 23.3. The zero-order chi connectivity index (χ0) is 20.3. The summed E-state index contributed by atoms with van der Waals surface area (Å²) in [6, 6.07) is 16.0. The number of carbonyl (C=O) groups excluding carboxylic acids is 2. The van der Waals surface area contributed by atoms with E-state index in [1.807, 2.05) is 35.2 Å². The van der Waals surface area contributed by atoms with E-state index in [0.717, 1.165) is 17.5 Å². The first kappa shape index (κ1) is 19.6. The molecular formula is C23H25FN2O3. The van der Waals surface area contributed by atoms with Gasteiger partial charge in [0.05, 0.1) is 18.6 Å². The van der Waals surface area contributed by atoms with Crippen molar-refractivity contribution in [3.05, 3.63) is 71.5 Å². The fourth-order valence-corrected chi connectivity index (χ4v) is 4.42. The Hall–Kier alpha value is -2.73. The molecule has 2 aromatic carbocycles. The van der Waals surface area contributed by atoms with E-state index in [9.17, 15) is 14.0 Å². The van der Waals surface area contributed by atoms with Gasteiger partial charge < -0.3 is 15.0 Å². The number of carbonyl (C=O) groups is 2. The minimum Gasteiger partial charge on any atom is -0.375 e. The predicted octanol–water partition coefficient (Wildman–Crippen LogP) is 2.79. The van der Waals surface area contributed by atoms with Gasteiger partial charge in [-0.15, -0.1) is 0 Å². The van der Waals surface area contributed by atoms with Crippen LogP contribution in [0.5, 0.6) is 0 Å². The van der Waals surface area contributed by atoms with Gasteiger partial charge in [0, 0.05) is 25.6 Å². The van der Waals surface area contributed by atoms with Gasteiger partial charge in [0.1, 0.15) is 5.82 Å². The highest BCUT2D eigenvalue weighted by Crippen LogP contribution is 2.43. The Bertz CT molecular complexity index is 871. The van der Waals surface area contributed by atoms with Gasteiger partial charge in [-0.2, -0.15) is 0 Å². The smallest absolute Gasteiger partial charge is 0.232 e. The average molecular weight is 396 g/mol. The number of hydrogen-bond acceptors (Lipinski definition) is 3. The van der Waals surface area contributed by atoms with Crippen molar-refractivity contribution in [3.8, 4) is 0 Å². The summed E-state index contributed by atoms with van der Waals surface area (Å²) in [6.07, 6.45) is 1.88. The summed E-state index contributed by atoms with van der Waals surface area (Å²) < 4.78 is 19.1. The lowest BCUT2D eigenvalue weighted by molar-refractivity contribution is -0.129. The van der Waals surface area contributed by atoms with E-state index in [1.165, 1.54) is 12.1 Å². The summed E-state index contributed by atoms with van der Waals surface area (Å²) in [4.78, 5) is 27.2. The number of amides is 2. The molecule has 0 bridgehead atoms. The van der Waals surface area contributed by atoms with Gasteiger partial charge in [0.2, 0.25) is 11.8 Å². The van der Waals surface area contributed by atoms with Crippen molar-refractivity contribution in [2.45, 2.75) is 37.3 Å². The third-order valence-electron chi connectivity index (χ3n) is 5.95. The highest BCUT2D eigenvalue weighted by molar-refractivity contribution is 5.91. The summed E-state index contributed by atoms with van der Waals surface area (Å²) in [6.45, 7) is 1.61. The molecule has 2 saturated heterocycles. The van der Waals surface area contributed by atoms with Crippen LogP contribution in [0.15, 0.2) is 54.6 Å². The molecule has 0 spiro atoms. The molecule has 5 nitrogen and oxygen atoms in total. The zero-order valence-electron chi connectivity index (χ0n) is 16.3. The van der Waals surface area contributed by atoms with Gasteiger partial charge in [0.25, 0.3) is 0 Å². The number of benzene rings is 2. The first-order valence-electron chi connectivity index (χ1n) is 10.0. The molecule has 2 heterocycles. The van der Waals surface area contributed by atoms with E-state index >= 15 is 0 Å². The number of hydrogen-bond donors (Lipinski definition) is 1. The van der Waals surface area contributed by atoms with Gasteiger partial charge >= 0.3 is 0 Å². The highest BCUT2D eigenvalue weighted by atomic mass is 19.1. The predicted molar refractivity (Wildman–Crippen MR) is 107 cm³/mol. The third kappa shape index (κ3) is 4.03. The standard InChI is InChI=1S/C23H25FN2O3/c24-19-8-6-18(7-9-19)23(14-20-10-11-21(27)26(20)16-23)22(28)25-12-13-29-15-17-4-2-1-3-5-17/h1-9,20H,10-16H2,(H,25,28). The first-order chi connectivity index (χ1) is 14.1. The molecule has 2 aliphatic rings. The Labute approximate surface area is 169 Å². The van der Waals surface area contributed by atoms with Crippen molar-refractivity contribution in [1.29, 1.82) is 0 Å². The second-order valence-corrected chi connectivity index (χ2v) is 7.80. The molecule has 2 aliphatic heterocycles. The van der Waals surface area contributed by atoms with E-state index in [1.54, 1.807) is 12.1 Å². The van der Waals surface area contributed by atoms with Crippen LogP contribution in [0.2, 0.25) is 0 Å². The molecule has 2 fully saturated rings. The fraction of sp³-hybridized carbons (Fsp3) is 0.391. The molecular weight excluding hydrogens is 371 g/mol. The van der Waals surface area contributed by atoms with Crippen LogP contribution in [0.25, 0.3) is 0 Å². The van der Waals surface area contributed by atoms with Crippen LogP contribution in [-0.4, -0.2) is 42.5 Å². The number of fused-ring (bicyclic) bond motifs is 1. The summed E-state index contributed by atoms with van der Waals surface area (Å²) in [5.41, 5.74) is 0.994. The van der Waals surface area contributed by atoms with E-state index < -0.39 is 5.41 Å². The quantitative estimate of drug-likeness (QED) is 0.733. The molecule has 2 amide bonds. The van der Waals surface area contributed by atoms with Crippen LogP contribution >= 0.6 is 0 Å². The molecule has 1 N–H and O–H groups in total. The minimum atomic E-state index is -0.839. The van der Waals surface area contributed by atoms with E-state index in [4.69, 9.17) is 4.74 Å². The van der Waals surface area contributed by atoms with Crippen molar-refractivity contribution >= 4 is 11.8 Å². The molecule has 6 heteroatoms. The van der Waals surface area contributed by atoms with Gasteiger partial charge in [-0.3, -0.25) is 9.59 Å². The van der Waals surface area contributed by atoms with Crippen LogP contribution in [0.4, 0.5) is 4.39 Å². The molecule has 0 aromatic heterocycles. The number of rotatable bonds is 7. The monoisotopic (exact) mass is 396 g/mol. The largest absolute Gasteiger partial charge is 0.375 e. The minimum absolute atomic E-state index is 0.0765. The third-order valence-corrected chi connectivity index (χ3v) is 5.95. The first-order valence-corrected chi connectivity index (χ1v) is 10.0. The van der Waals surface area contributed by atoms with Gasteiger partial charge in [0.15, 0.2) is 0 Å². The van der Waals surface area contributed by atoms with Gasteiger partial charge in [-0.25, -0.2) is 4.39 Å². The van der Waals surface area contributed by atoms with Crippen molar-refractivity contribution in [2.24, 2.45) is 0 Å². The van der Waals surface area contributed by atoms with Gasteiger partial charge in [-0.05, 0) is 36.1 Å². The second-order valence-electron chi connectivity index (χ2n) is 7.80. The molecule has 29 heavy (non-hydrogen) atoms. The van der Waals surface area contributed by atoms with Crippen LogP contribution in [0.1, 0.15) is 30.4 Å². The molecule has 0 aliphatic carbocycles. The number of nitrogens with one attached hydrogen (secondary N) is 1. The summed E-state index contributed by atoms with van der Waals surface area (Å²) in [7, 11) is 0. The lowest BCUT2D eigenvalue weighted by atomic mass is 9.77. The summed E-state index contributed by atoms with van der Waals surface area (Å²) in [5, 5.41) is 2.97. The molecule has 2 unspecified atom stereocenters. The van der Waals surface area contributed by atoms with E-state index in [-0.39, 0.29) is 23.7 Å². The maximum absolute atomic E-state index is 13.4. The van der Waals surface area contributed by atoms with Crippen LogP contribution in [0, 0.1) is 5.82 Å². The van der Waals surface area contributed by atoms with E-state index in [0.29, 0.717) is 39.1 Å². The fourth-order valence-electron chi connectivity index (χ4n) is 4.42. The van der Waals surface area contributed by atoms with Crippen LogP contribution in [0.3, 0.4) is 0 Å². The SMILES string of the molecule is O=C1CCC2CC(C(=O)NCCOCc3ccccc3)(c3ccc(F)cc3)CN12. The molecule has 2 atom stereocenters. The van der Waals surface area contributed by atoms with Crippen molar-refractivity contribution < 1.29 is 18.7 Å². The maximum Gasteiger partial charge on any atom is 0.232 e. The maximum atomic E-state index is 13.4. The second kappa shape index (κ2) is 8.33. The molecule has 4 rings (SSSR count). The van der Waals surface area contributed by atoms with Crippen LogP contribution in [-0.2, 0) is 26.3 Å². The van der Waals surface area contributed by atoms with Crippen LogP contribution < -0.4 is 5.32 Å². The van der Waals surface area contributed by atoms with Crippen molar-refractivity contribution in [3.63, 3.8) is 0 Å². The lowest BCUT2D eigenvalue weighted by Gasteiger charge is -2.29. The molecule has 0 saturated carbocycles. The Morgan fingerprint density at radius 3 is 2.66 bits per heavy atom.